The highest BCUT2D eigenvalue weighted by Gasteiger charge is 2.23. The van der Waals surface area contributed by atoms with Crippen molar-refractivity contribution in [3.05, 3.63) is 28.3 Å². The monoisotopic (exact) mass is 271 g/mol. The van der Waals surface area contributed by atoms with Gasteiger partial charge in [0.15, 0.2) is 9.84 Å². The number of nitro benzene ring substituents is 1. The average Bonchev–Trinajstić information content (AvgIpc) is 2.29. The lowest BCUT2D eigenvalue weighted by molar-refractivity contribution is -0.384. The van der Waals surface area contributed by atoms with E-state index >= 15 is 0 Å². The van der Waals surface area contributed by atoms with E-state index in [0.717, 1.165) is 0 Å². The van der Waals surface area contributed by atoms with Crippen LogP contribution in [0.4, 0.5) is 17.1 Å². The molecule has 1 fully saturated rings. The Morgan fingerprint density at radius 2 is 1.89 bits per heavy atom. The first kappa shape index (κ1) is 12.6. The van der Waals surface area contributed by atoms with Crippen LogP contribution in [-0.2, 0) is 9.84 Å². The third kappa shape index (κ3) is 2.53. The summed E-state index contributed by atoms with van der Waals surface area (Å²) in [5.41, 5.74) is 6.64. The molecule has 0 amide bonds. The molecule has 1 aromatic carbocycles. The van der Waals surface area contributed by atoms with Gasteiger partial charge in [-0.15, -0.1) is 0 Å². The van der Waals surface area contributed by atoms with Crippen molar-refractivity contribution < 1.29 is 13.3 Å². The molecule has 0 bridgehead atoms. The molecule has 1 heterocycles. The average molecular weight is 271 g/mol. The summed E-state index contributed by atoms with van der Waals surface area (Å²) in [6.45, 7) is 0.731. The summed E-state index contributed by atoms with van der Waals surface area (Å²) in [4.78, 5) is 11.9. The highest BCUT2D eigenvalue weighted by molar-refractivity contribution is 7.91. The van der Waals surface area contributed by atoms with Crippen LogP contribution in [0.2, 0.25) is 0 Å². The van der Waals surface area contributed by atoms with Gasteiger partial charge < -0.3 is 10.6 Å². The van der Waals surface area contributed by atoms with Crippen molar-refractivity contribution in [3.63, 3.8) is 0 Å². The molecule has 98 valence electrons. The Bertz CT molecular complexity index is 571. The van der Waals surface area contributed by atoms with Gasteiger partial charge in [0.05, 0.1) is 27.8 Å². The van der Waals surface area contributed by atoms with Crippen molar-refractivity contribution in [1.82, 2.24) is 0 Å². The topological polar surface area (TPSA) is 107 Å². The number of hydrogen-bond donors (Lipinski definition) is 1. The fourth-order valence-electron chi connectivity index (χ4n) is 1.90. The second-order valence-electron chi connectivity index (χ2n) is 4.14. The number of hydrogen-bond acceptors (Lipinski definition) is 6. The molecule has 0 aliphatic carbocycles. The smallest absolute Gasteiger partial charge is 0.271 e. The molecular formula is C10H13N3O4S. The lowest BCUT2D eigenvalue weighted by atomic mass is 10.2. The summed E-state index contributed by atoms with van der Waals surface area (Å²) in [7, 11) is -2.95. The maximum absolute atomic E-state index is 11.3. The first-order chi connectivity index (χ1) is 8.39. The molecule has 1 saturated heterocycles. The summed E-state index contributed by atoms with van der Waals surface area (Å²) < 4.78 is 22.6. The molecule has 1 aliphatic heterocycles. The maximum Gasteiger partial charge on any atom is 0.271 e. The number of non-ortho nitro benzene ring substituents is 1. The number of benzene rings is 1. The van der Waals surface area contributed by atoms with Crippen LogP contribution in [0, 0.1) is 10.1 Å². The van der Waals surface area contributed by atoms with E-state index < -0.39 is 14.8 Å². The lowest BCUT2D eigenvalue weighted by Crippen LogP contribution is -2.40. The summed E-state index contributed by atoms with van der Waals surface area (Å²) in [6.07, 6.45) is 0. The number of anilines is 2. The maximum atomic E-state index is 11.3. The third-order valence-corrected chi connectivity index (χ3v) is 4.52. The van der Waals surface area contributed by atoms with Gasteiger partial charge in [-0.1, -0.05) is 0 Å². The van der Waals surface area contributed by atoms with Gasteiger partial charge in [-0.2, -0.15) is 0 Å². The minimum absolute atomic E-state index is 0.0686. The summed E-state index contributed by atoms with van der Waals surface area (Å²) in [5.74, 6) is 0.173. The predicted molar refractivity (Wildman–Crippen MR) is 68.4 cm³/mol. The van der Waals surface area contributed by atoms with Gasteiger partial charge in [-0.25, -0.2) is 8.42 Å². The van der Waals surface area contributed by atoms with Crippen LogP contribution in [0.5, 0.6) is 0 Å². The first-order valence-electron chi connectivity index (χ1n) is 5.38. The Morgan fingerprint density at radius 3 is 2.39 bits per heavy atom. The molecule has 1 aromatic rings. The lowest BCUT2D eigenvalue weighted by Gasteiger charge is -2.29. The second-order valence-corrected chi connectivity index (χ2v) is 6.44. The van der Waals surface area contributed by atoms with Gasteiger partial charge in [0.1, 0.15) is 0 Å². The molecule has 2 rings (SSSR count). The second kappa shape index (κ2) is 4.45. The van der Waals surface area contributed by atoms with E-state index in [9.17, 15) is 18.5 Å². The van der Waals surface area contributed by atoms with Crippen molar-refractivity contribution in [3.8, 4) is 0 Å². The Kier molecular flexibility index (Phi) is 3.12. The summed E-state index contributed by atoms with van der Waals surface area (Å²) >= 11 is 0. The van der Waals surface area contributed by atoms with Crippen LogP contribution in [0.1, 0.15) is 0 Å². The van der Waals surface area contributed by atoms with Crippen LogP contribution in [0.25, 0.3) is 0 Å². The van der Waals surface area contributed by atoms with Crippen molar-refractivity contribution in [1.29, 1.82) is 0 Å². The molecule has 7 nitrogen and oxygen atoms in total. The number of nitrogen functional groups attached to an aromatic ring is 1. The quantitative estimate of drug-likeness (QED) is 0.474. The van der Waals surface area contributed by atoms with E-state index in [4.69, 9.17) is 5.73 Å². The molecular weight excluding hydrogens is 258 g/mol. The molecule has 8 heteroatoms. The van der Waals surface area contributed by atoms with Crippen molar-refractivity contribution >= 4 is 26.9 Å². The van der Waals surface area contributed by atoms with Gasteiger partial charge >= 0.3 is 0 Å². The zero-order chi connectivity index (χ0) is 13.3. The van der Waals surface area contributed by atoms with Crippen molar-refractivity contribution in [2.75, 3.05) is 35.2 Å². The van der Waals surface area contributed by atoms with Crippen LogP contribution < -0.4 is 10.6 Å². The first-order valence-corrected chi connectivity index (χ1v) is 7.20. The number of nitro groups is 1. The summed E-state index contributed by atoms with van der Waals surface area (Å²) in [5, 5.41) is 10.6. The van der Waals surface area contributed by atoms with Gasteiger partial charge in [0.25, 0.3) is 5.69 Å². The molecule has 0 radical (unpaired) electrons. The fraction of sp³-hybridized carbons (Fsp3) is 0.400. The molecule has 0 aromatic heterocycles. The molecule has 1 aliphatic rings. The third-order valence-electron chi connectivity index (χ3n) is 2.91. The van der Waals surface area contributed by atoms with Crippen LogP contribution in [0.15, 0.2) is 18.2 Å². The van der Waals surface area contributed by atoms with Gasteiger partial charge in [-0.05, 0) is 6.07 Å². The number of sulfone groups is 1. The van der Waals surface area contributed by atoms with E-state index in [1.165, 1.54) is 12.1 Å². The van der Waals surface area contributed by atoms with Crippen molar-refractivity contribution in [2.24, 2.45) is 0 Å². The Labute approximate surface area is 104 Å². The van der Waals surface area contributed by atoms with Gasteiger partial charge in [0, 0.05) is 25.2 Å². The number of rotatable bonds is 2. The minimum atomic E-state index is -2.95. The van der Waals surface area contributed by atoms with E-state index in [-0.39, 0.29) is 17.2 Å². The van der Waals surface area contributed by atoms with E-state index in [1.54, 1.807) is 6.07 Å². The Morgan fingerprint density at radius 1 is 1.28 bits per heavy atom. The zero-order valence-electron chi connectivity index (χ0n) is 9.57. The van der Waals surface area contributed by atoms with Crippen LogP contribution in [-0.4, -0.2) is 37.9 Å². The highest BCUT2D eigenvalue weighted by atomic mass is 32.2. The van der Waals surface area contributed by atoms with E-state index in [0.29, 0.717) is 24.5 Å². The SMILES string of the molecule is Nc1cc([N+](=O)[O-])ccc1N1CCS(=O)(=O)CC1. The normalized spacial score (nSPS) is 18.6. The minimum Gasteiger partial charge on any atom is -0.397 e. The van der Waals surface area contributed by atoms with Crippen LogP contribution in [0.3, 0.4) is 0 Å². The molecule has 0 atom stereocenters. The number of nitrogens with two attached hydrogens (primary N) is 1. The molecule has 0 spiro atoms. The van der Waals surface area contributed by atoms with Gasteiger partial charge in [0.2, 0.25) is 0 Å². The molecule has 0 unspecified atom stereocenters. The van der Waals surface area contributed by atoms with E-state index in [1.807, 2.05) is 4.90 Å². The summed E-state index contributed by atoms with van der Waals surface area (Å²) in [6, 6.07) is 4.22. The molecule has 2 N–H and O–H groups in total. The fourth-order valence-corrected chi connectivity index (χ4v) is 3.10. The molecule has 0 saturated carbocycles. The van der Waals surface area contributed by atoms with Gasteiger partial charge in [-0.3, -0.25) is 10.1 Å². The zero-order valence-corrected chi connectivity index (χ0v) is 10.4. The predicted octanol–water partition coefficient (Wildman–Crippen LogP) is 0.412. The Hall–Kier alpha value is -1.83. The number of nitrogens with zero attached hydrogens (tertiary/aromatic N) is 2. The van der Waals surface area contributed by atoms with Crippen molar-refractivity contribution in [2.45, 2.75) is 0 Å². The standard InChI is InChI=1S/C10H13N3O4S/c11-9-7-8(13(14)15)1-2-10(9)12-3-5-18(16,17)6-4-12/h1-2,7H,3-6,11H2. The van der Waals surface area contributed by atoms with Crippen LogP contribution >= 0.6 is 0 Å². The highest BCUT2D eigenvalue weighted by Crippen LogP contribution is 2.28. The van der Waals surface area contributed by atoms with E-state index in [2.05, 4.69) is 0 Å². The molecule has 18 heavy (non-hydrogen) atoms. The largest absolute Gasteiger partial charge is 0.397 e. The Balaban J connectivity index is 2.22.